The molecule has 2 heterocycles. The molecule has 0 aliphatic heterocycles. The molecule has 3 N–H and O–H groups in total. The minimum absolute atomic E-state index is 0.0866. The highest BCUT2D eigenvalue weighted by Crippen LogP contribution is 2.37. The normalized spacial score (nSPS) is 10.8. The quantitative estimate of drug-likeness (QED) is 0.431. The predicted octanol–water partition coefficient (Wildman–Crippen LogP) is 5.03. The molecule has 0 aliphatic rings. The van der Waals surface area contributed by atoms with Crippen molar-refractivity contribution >= 4 is 39.7 Å². The zero-order valence-electron chi connectivity index (χ0n) is 15.1. The average Bonchev–Trinajstić information content (AvgIpc) is 3.12. The first-order valence-electron chi connectivity index (χ1n) is 8.53. The van der Waals surface area contributed by atoms with Crippen LogP contribution in [0.3, 0.4) is 0 Å². The molecule has 0 bridgehead atoms. The monoisotopic (exact) mass is 443 g/mol. The molecule has 4 rings (SSSR count). The maximum absolute atomic E-state index is 13.9. The Bertz CT molecular complexity index is 1260. The van der Waals surface area contributed by atoms with Crippen LogP contribution >= 0.6 is 22.9 Å². The molecular weight excluding hydrogens is 432 g/mol. The van der Waals surface area contributed by atoms with Gasteiger partial charge in [0.1, 0.15) is 11.6 Å². The molecule has 2 aromatic heterocycles. The van der Waals surface area contributed by atoms with E-state index in [2.05, 4.69) is 20.3 Å². The Balaban J connectivity index is 1.68. The summed E-state index contributed by atoms with van der Waals surface area (Å²) in [6.45, 7) is 0. The van der Waals surface area contributed by atoms with Gasteiger partial charge in [0.15, 0.2) is 5.13 Å². The van der Waals surface area contributed by atoms with E-state index in [9.17, 15) is 13.6 Å². The Morgan fingerprint density at radius 1 is 1.10 bits per heavy atom. The number of nitrogens with zero attached hydrogens (tertiary/aromatic N) is 3. The van der Waals surface area contributed by atoms with E-state index in [1.807, 2.05) is 0 Å². The Hall–Kier alpha value is -3.43. The molecule has 6 nitrogen and oxygen atoms in total. The first-order valence-corrected chi connectivity index (χ1v) is 9.72. The van der Waals surface area contributed by atoms with Gasteiger partial charge in [0.25, 0.3) is 5.91 Å². The first kappa shape index (κ1) is 19.9. The van der Waals surface area contributed by atoms with E-state index in [-0.39, 0.29) is 5.28 Å². The van der Waals surface area contributed by atoms with Crippen LogP contribution in [0.1, 0.15) is 10.4 Å². The van der Waals surface area contributed by atoms with Crippen molar-refractivity contribution in [3.8, 4) is 21.8 Å². The number of thiazole rings is 1. The third-order valence-corrected chi connectivity index (χ3v) is 5.16. The Morgan fingerprint density at radius 2 is 1.93 bits per heavy atom. The van der Waals surface area contributed by atoms with Crippen LogP contribution in [-0.2, 0) is 0 Å². The minimum atomic E-state index is -0.819. The molecule has 0 saturated carbocycles. The summed E-state index contributed by atoms with van der Waals surface area (Å²) >= 11 is 7.12. The van der Waals surface area contributed by atoms with Crippen LogP contribution in [-0.4, -0.2) is 20.9 Å². The van der Waals surface area contributed by atoms with Gasteiger partial charge in [-0.1, -0.05) is 23.5 Å². The Labute approximate surface area is 178 Å². The molecule has 0 atom stereocenters. The predicted molar refractivity (Wildman–Crippen MR) is 112 cm³/mol. The lowest BCUT2D eigenvalue weighted by Crippen LogP contribution is -2.14. The van der Waals surface area contributed by atoms with Gasteiger partial charge in [-0.25, -0.2) is 23.7 Å². The number of nitrogens with one attached hydrogen (secondary N) is 1. The van der Waals surface area contributed by atoms with Crippen molar-refractivity contribution in [1.29, 1.82) is 0 Å². The van der Waals surface area contributed by atoms with E-state index >= 15 is 0 Å². The number of carbonyl (C=O) groups excluding carboxylic acids is 1. The fourth-order valence-electron chi connectivity index (χ4n) is 2.78. The van der Waals surface area contributed by atoms with Crippen LogP contribution in [0.2, 0.25) is 5.28 Å². The number of aromatic nitrogens is 3. The number of benzene rings is 2. The molecule has 2 aromatic carbocycles. The van der Waals surface area contributed by atoms with Crippen molar-refractivity contribution in [2.75, 3.05) is 11.1 Å². The molecule has 10 heteroatoms. The fraction of sp³-hybridized carbons (Fsp3) is 0. The van der Waals surface area contributed by atoms with E-state index in [1.54, 1.807) is 30.3 Å². The number of anilines is 2. The highest BCUT2D eigenvalue weighted by Gasteiger charge is 2.17. The van der Waals surface area contributed by atoms with Gasteiger partial charge in [0.2, 0.25) is 5.28 Å². The van der Waals surface area contributed by atoms with Gasteiger partial charge in [-0.2, -0.15) is 0 Å². The van der Waals surface area contributed by atoms with E-state index in [0.29, 0.717) is 32.6 Å². The maximum atomic E-state index is 13.9. The summed E-state index contributed by atoms with van der Waals surface area (Å²) in [7, 11) is 0. The van der Waals surface area contributed by atoms with E-state index < -0.39 is 23.1 Å². The van der Waals surface area contributed by atoms with Crippen molar-refractivity contribution < 1.29 is 13.6 Å². The number of nitrogen functional groups attached to an aromatic ring is 1. The van der Waals surface area contributed by atoms with Gasteiger partial charge in [0, 0.05) is 17.4 Å². The maximum Gasteiger partial charge on any atom is 0.258 e. The lowest BCUT2D eigenvalue weighted by molar-refractivity contribution is 0.102. The smallest absolute Gasteiger partial charge is 0.258 e. The Kier molecular flexibility index (Phi) is 5.39. The van der Waals surface area contributed by atoms with Crippen LogP contribution in [0, 0.1) is 11.6 Å². The summed E-state index contributed by atoms with van der Waals surface area (Å²) < 4.78 is 27.3. The van der Waals surface area contributed by atoms with Gasteiger partial charge < -0.3 is 11.1 Å². The number of amides is 1. The third kappa shape index (κ3) is 4.12. The fourth-order valence-corrected chi connectivity index (χ4v) is 3.75. The van der Waals surface area contributed by atoms with Crippen molar-refractivity contribution in [2.45, 2.75) is 0 Å². The molecule has 0 fully saturated rings. The molecule has 0 radical (unpaired) electrons. The van der Waals surface area contributed by atoms with Crippen molar-refractivity contribution in [3.05, 3.63) is 77.2 Å². The third-order valence-electron chi connectivity index (χ3n) is 4.07. The summed E-state index contributed by atoms with van der Waals surface area (Å²) in [5, 5.41) is 2.98. The highest BCUT2D eigenvalue weighted by molar-refractivity contribution is 7.19. The zero-order valence-corrected chi connectivity index (χ0v) is 16.6. The summed E-state index contributed by atoms with van der Waals surface area (Å²) in [5.74, 6) is -2.30. The average molecular weight is 444 g/mol. The van der Waals surface area contributed by atoms with Crippen LogP contribution in [0.4, 0.5) is 19.6 Å². The second-order valence-electron chi connectivity index (χ2n) is 6.10. The minimum Gasteiger partial charge on any atom is -0.375 e. The van der Waals surface area contributed by atoms with E-state index in [0.717, 1.165) is 18.2 Å². The molecule has 0 aliphatic carbocycles. The molecule has 0 saturated heterocycles. The number of halogens is 3. The largest absolute Gasteiger partial charge is 0.375 e. The molecule has 30 heavy (non-hydrogen) atoms. The van der Waals surface area contributed by atoms with Gasteiger partial charge in [0.05, 0.1) is 21.8 Å². The second kappa shape index (κ2) is 8.13. The summed E-state index contributed by atoms with van der Waals surface area (Å²) in [5.41, 5.74) is 7.62. The number of nitrogens with two attached hydrogens (primary N) is 1. The number of rotatable bonds is 4. The van der Waals surface area contributed by atoms with Gasteiger partial charge in [-0.3, -0.25) is 4.79 Å². The van der Waals surface area contributed by atoms with Crippen LogP contribution in [0.5, 0.6) is 0 Å². The topological polar surface area (TPSA) is 93.8 Å². The molecule has 4 aromatic rings. The van der Waals surface area contributed by atoms with Crippen LogP contribution < -0.4 is 11.1 Å². The zero-order chi connectivity index (χ0) is 21.3. The van der Waals surface area contributed by atoms with Crippen molar-refractivity contribution in [3.63, 3.8) is 0 Å². The number of carbonyl (C=O) groups is 1. The second-order valence-corrected chi connectivity index (χ2v) is 7.47. The van der Waals surface area contributed by atoms with Crippen LogP contribution in [0.25, 0.3) is 21.8 Å². The first-order chi connectivity index (χ1) is 14.4. The van der Waals surface area contributed by atoms with E-state index in [1.165, 1.54) is 17.5 Å². The Morgan fingerprint density at radius 3 is 2.73 bits per heavy atom. The summed E-state index contributed by atoms with van der Waals surface area (Å²) in [6.07, 6.45) is 1.52. The SMILES string of the molecule is Nc1nc(-c2cccc(NC(=O)c3cc(F)ccc3F)c2)c(-c2ccnc(Cl)n2)s1. The van der Waals surface area contributed by atoms with Crippen LogP contribution in [0.15, 0.2) is 54.7 Å². The van der Waals surface area contributed by atoms with E-state index in [4.69, 9.17) is 17.3 Å². The standard InChI is InChI=1S/C20H12ClF2N5OS/c21-19-25-7-6-15(27-19)17-16(28-20(24)30-17)10-2-1-3-12(8-10)26-18(29)13-9-11(22)4-5-14(13)23/h1-9H,(H2,24,28)(H,26,29). The number of hydrogen-bond acceptors (Lipinski definition) is 6. The summed E-state index contributed by atoms with van der Waals surface area (Å²) in [4.78, 5) is 25.5. The summed E-state index contributed by atoms with van der Waals surface area (Å²) in [6, 6.07) is 11.1. The molecule has 0 unspecified atom stereocenters. The molecule has 1 amide bonds. The number of hydrogen-bond donors (Lipinski definition) is 2. The molecule has 0 spiro atoms. The highest BCUT2D eigenvalue weighted by atomic mass is 35.5. The molecular formula is C20H12ClF2N5OS. The lowest BCUT2D eigenvalue weighted by atomic mass is 10.1. The van der Waals surface area contributed by atoms with Crippen molar-refractivity contribution in [2.24, 2.45) is 0 Å². The molecule has 150 valence electrons. The lowest BCUT2D eigenvalue weighted by Gasteiger charge is -2.08. The van der Waals surface area contributed by atoms with Gasteiger partial charge in [-0.05, 0) is 48.0 Å². The van der Waals surface area contributed by atoms with Crippen molar-refractivity contribution in [1.82, 2.24) is 15.0 Å². The van der Waals surface area contributed by atoms with Gasteiger partial charge in [-0.15, -0.1) is 0 Å². The van der Waals surface area contributed by atoms with Gasteiger partial charge >= 0.3 is 0 Å².